The van der Waals surface area contributed by atoms with Gasteiger partial charge in [0, 0.05) is 17.8 Å². The maximum absolute atomic E-state index is 12.2. The van der Waals surface area contributed by atoms with E-state index in [-0.39, 0.29) is 18.0 Å². The summed E-state index contributed by atoms with van der Waals surface area (Å²) in [7, 11) is 3.04. The van der Waals surface area contributed by atoms with Gasteiger partial charge in [-0.15, -0.1) is 0 Å². The Bertz CT molecular complexity index is 755. The Kier molecular flexibility index (Phi) is 5.35. The lowest BCUT2D eigenvalue weighted by atomic mass is 10.2. The Morgan fingerprint density at radius 3 is 2.65 bits per heavy atom. The van der Waals surface area contributed by atoms with Gasteiger partial charge in [-0.25, -0.2) is 4.98 Å². The normalized spacial score (nSPS) is 10.2. The number of aryl methyl sites for hydroxylation is 1. The molecule has 1 N–H and O–H groups in total. The summed E-state index contributed by atoms with van der Waals surface area (Å²) in [5.74, 6) is 0.739. The third-order valence-corrected chi connectivity index (χ3v) is 3.29. The highest BCUT2D eigenvalue weighted by atomic mass is 16.5. The van der Waals surface area contributed by atoms with Crippen LogP contribution in [0.1, 0.15) is 12.6 Å². The fourth-order valence-corrected chi connectivity index (χ4v) is 2.03. The van der Waals surface area contributed by atoms with E-state index in [1.165, 1.54) is 31.2 Å². The van der Waals surface area contributed by atoms with Crippen molar-refractivity contribution >= 4 is 11.6 Å². The van der Waals surface area contributed by atoms with Gasteiger partial charge in [0.25, 0.3) is 5.56 Å². The summed E-state index contributed by atoms with van der Waals surface area (Å²) < 4.78 is 11.6. The minimum Gasteiger partial charge on any atom is -0.497 e. The SMILES string of the molecule is CCc1cc(=O)n(CC(=O)Nc2cc(OC)ccc2OC)cn1. The van der Waals surface area contributed by atoms with Crippen LogP contribution in [0.15, 0.2) is 35.4 Å². The zero-order valence-corrected chi connectivity index (χ0v) is 13.3. The highest BCUT2D eigenvalue weighted by Gasteiger charge is 2.10. The van der Waals surface area contributed by atoms with Crippen LogP contribution in [0, 0.1) is 0 Å². The van der Waals surface area contributed by atoms with Crippen LogP contribution >= 0.6 is 0 Å². The lowest BCUT2D eigenvalue weighted by Gasteiger charge is -2.12. The molecule has 1 aromatic carbocycles. The third-order valence-electron chi connectivity index (χ3n) is 3.29. The molecule has 1 heterocycles. The number of benzene rings is 1. The number of ether oxygens (including phenoxy) is 2. The van der Waals surface area contributed by atoms with Gasteiger partial charge in [-0.2, -0.15) is 0 Å². The second kappa shape index (κ2) is 7.44. The number of rotatable bonds is 6. The van der Waals surface area contributed by atoms with Crippen molar-refractivity contribution in [2.24, 2.45) is 0 Å². The third kappa shape index (κ3) is 4.09. The molecule has 2 aromatic rings. The van der Waals surface area contributed by atoms with E-state index < -0.39 is 0 Å². The van der Waals surface area contributed by atoms with E-state index in [9.17, 15) is 9.59 Å². The number of carbonyl (C=O) groups is 1. The molecule has 0 aliphatic rings. The maximum atomic E-state index is 12.2. The summed E-state index contributed by atoms with van der Waals surface area (Å²) in [4.78, 5) is 28.2. The molecule has 0 saturated heterocycles. The second-order valence-corrected chi connectivity index (χ2v) is 4.81. The molecule has 0 fully saturated rings. The van der Waals surface area contributed by atoms with Gasteiger partial charge in [0.05, 0.1) is 26.2 Å². The van der Waals surface area contributed by atoms with Crippen LogP contribution in [0.2, 0.25) is 0 Å². The molecular formula is C16H19N3O4. The Morgan fingerprint density at radius 1 is 1.26 bits per heavy atom. The van der Waals surface area contributed by atoms with Gasteiger partial charge in [-0.3, -0.25) is 14.2 Å². The highest BCUT2D eigenvalue weighted by Crippen LogP contribution is 2.28. The van der Waals surface area contributed by atoms with E-state index >= 15 is 0 Å². The number of anilines is 1. The molecule has 1 aromatic heterocycles. The molecule has 7 heteroatoms. The zero-order valence-electron chi connectivity index (χ0n) is 13.3. The van der Waals surface area contributed by atoms with Crippen LogP contribution in [0.25, 0.3) is 0 Å². The monoisotopic (exact) mass is 317 g/mol. The minimum atomic E-state index is -0.357. The molecule has 0 bridgehead atoms. The van der Waals surface area contributed by atoms with E-state index in [2.05, 4.69) is 10.3 Å². The summed E-state index contributed by atoms with van der Waals surface area (Å²) in [6, 6.07) is 6.50. The van der Waals surface area contributed by atoms with Crippen molar-refractivity contribution in [3.8, 4) is 11.5 Å². The highest BCUT2D eigenvalue weighted by molar-refractivity contribution is 5.92. The number of hydrogen-bond donors (Lipinski definition) is 1. The number of carbonyl (C=O) groups excluding carboxylic acids is 1. The fourth-order valence-electron chi connectivity index (χ4n) is 2.03. The Morgan fingerprint density at radius 2 is 2.04 bits per heavy atom. The molecule has 0 radical (unpaired) electrons. The average Bonchev–Trinajstić information content (AvgIpc) is 2.56. The first-order chi connectivity index (χ1) is 11.1. The lowest BCUT2D eigenvalue weighted by Crippen LogP contribution is -2.28. The molecule has 23 heavy (non-hydrogen) atoms. The molecule has 0 saturated carbocycles. The van der Waals surface area contributed by atoms with Crippen LogP contribution in [0.3, 0.4) is 0 Å². The van der Waals surface area contributed by atoms with E-state index in [4.69, 9.17) is 9.47 Å². The summed E-state index contributed by atoms with van der Waals surface area (Å²) >= 11 is 0. The van der Waals surface area contributed by atoms with Gasteiger partial charge in [0.1, 0.15) is 18.0 Å². The van der Waals surface area contributed by atoms with Crippen LogP contribution in [0.4, 0.5) is 5.69 Å². The second-order valence-electron chi connectivity index (χ2n) is 4.81. The number of amides is 1. The number of aromatic nitrogens is 2. The van der Waals surface area contributed by atoms with E-state index in [1.54, 1.807) is 18.2 Å². The fraction of sp³-hybridized carbons (Fsp3) is 0.312. The van der Waals surface area contributed by atoms with E-state index in [0.717, 1.165) is 0 Å². The molecule has 2 rings (SSSR count). The van der Waals surface area contributed by atoms with Gasteiger partial charge in [0.2, 0.25) is 5.91 Å². The largest absolute Gasteiger partial charge is 0.497 e. The van der Waals surface area contributed by atoms with Crippen molar-refractivity contribution in [2.75, 3.05) is 19.5 Å². The van der Waals surface area contributed by atoms with Crippen LogP contribution < -0.4 is 20.3 Å². The smallest absolute Gasteiger partial charge is 0.253 e. The molecular weight excluding hydrogens is 298 g/mol. The van der Waals surface area contributed by atoms with Gasteiger partial charge >= 0.3 is 0 Å². The van der Waals surface area contributed by atoms with Crippen molar-refractivity contribution < 1.29 is 14.3 Å². The van der Waals surface area contributed by atoms with Gasteiger partial charge in [-0.05, 0) is 18.6 Å². The summed E-state index contributed by atoms with van der Waals surface area (Å²) in [5, 5.41) is 2.71. The number of hydrogen-bond acceptors (Lipinski definition) is 5. The van der Waals surface area contributed by atoms with Crippen LogP contribution in [0.5, 0.6) is 11.5 Å². The number of methoxy groups -OCH3 is 2. The van der Waals surface area contributed by atoms with Gasteiger partial charge < -0.3 is 14.8 Å². The predicted molar refractivity (Wildman–Crippen MR) is 86.1 cm³/mol. The molecule has 7 nitrogen and oxygen atoms in total. The summed E-state index contributed by atoms with van der Waals surface area (Å²) in [6.45, 7) is 1.78. The number of nitrogens with one attached hydrogen (secondary N) is 1. The molecule has 0 aliphatic carbocycles. The topological polar surface area (TPSA) is 82.5 Å². The van der Waals surface area contributed by atoms with Crippen LogP contribution in [-0.2, 0) is 17.8 Å². The molecule has 0 spiro atoms. The van der Waals surface area contributed by atoms with Crippen LogP contribution in [-0.4, -0.2) is 29.7 Å². The Hall–Kier alpha value is -2.83. The first-order valence-corrected chi connectivity index (χ1v) is 7.14. The first kappa shape index (κ1) is 16.5. The molecule has 0 atom stereocenters. The summed E-state index contributed by atoms with van der Waals surface area (Å²) in [6.07, 6.45) is 2.05. The number of nitrogens with zero attached hydrogens (tertiary/aromatic N) is 2. The van der Waals surface area contributed by atoms with E-state index in [1.807, 2.05) is 6.92 Å². The van der Waals surface area contributed by atoms with E-state index in [0.29, 0.717) is 29.3 Å². The van der Waals surface area contributed by atoms with Crippen molar-refractivity contribution in [1.29, 1.82) is 0 Å². The standard InChI is InChI=1S/C16H19N3O4/c1-4-11-7-16(21)19(10-17-11)9-15(20)18-13-8-12(22-2)5-6-14(13)23-3/h5-8,10H,4,9H2,1-3H3,(H,18,20). The van der Waals surface area contributed by atoms with Crippen molar-refractivity contribution in [1.82, 2.24) is 9.55 Å². The molecule has 0 unspecified atom stereocenters. The Labute approximate surface area is 133 Å². The summed E-state index contributed by atoms with van der Waals surface area (Å²) in [5.41, 5.74) is 0.911. The van der Waals surface area contributed by atoms with Gasteiger partial charge in [-0.1, -0.05) is 6.92 Å². The first-order valence-electron chi connectivity index (χ1n) is 7.14. The zero-order chi connectivity index (χ0) is 16.8. The Balaban J connectivity index is 2.15. The molecule has 1 amide bonds. The molecule has 122 valence electrons. The van der Waals surface area contributed by atoms with Crippen molar-refractivity contribution in [3.05, 3.63) is 46.6 Å². The maximum Gasteiger partial charge on any atom is 0.253 e. The quantitative estimate of drug-likeness (QED) is 0.872. The molecule has 0 aliphatic heterocycles. The van der Waals surface area contributed by atoms with Gasteiger partial charge in [0.15, 0.2) is 0 Å². The van der Waals surface area contributed by atoms with Crippen molar-refractivity contribution in [3.63, 3.8) is 0 Å². The lowest BCUT2D eigenvalue weighted by molar-refractivity contribution is -0.116. The van der Waals surface area contributed by atoms with Crippen molar-refractivity contribution in [2.45, 2.75) is 19.9 Å². The predicted octanol–water partition coefficient (Wildman–Crippen LogP) is 1.46. The average molecular weight is 317 g/mol. The minimum absolute atomic E-state index is 0.129.